The Bertz CT molecular complexity index is 834. The number of hydrogen-bond donors (Lipinski definition) is 0. The van der Waals surface area contributed by atoms with Gasteiger partial charge in [0.15, 0.2) is 0 Å². The lowest BCUT2D eigenvalue weighted by atomic mass is 10.1. The molecule has 26 heavy (non-hydrogen) atoms. The average Bonchev–Trinajstić information content (AvgIpc) is 2.81. The molecule has 0 aliphatic carbocycles. The number of sulfonamides is 1. The number of amides is 2. The van der Waals surface area contributed by atoms with Gasteiger partial charge in [-0.25, -0.2) is 12.7 Å². The van der Waals surface area contributed by atoms with Gasteiger partial charge in [-0.3, -0.25) is 9.59 Å². The first-order valence-corrected chi connectivity index (χ1v) is 10.6. The molecule has 3 rings (SSSR count). The van der Waals surface area contributed by atoms with E-state index in [1.54, 1.807) is 11.8 Å². The minimum absolute atomic E-state index is 0.146. The summed E-state index contributed by atoms with van der Waals surface area (Å²) in [5, 5.41) is 0.146. The Balaban J connectivity index is 1.82. The van der Waals surface area contributed by atoms with E-state index in [-0.39, 0.29) is 22.4 Å². The smallest absolute Gasteiger partial charge is 0.255 e. The number of piperazine rings is 1. The molecular formula is C17H22ClN3O4S. The summed E-state index contributed by atoms with van der Waals surface area (Å²) in [6.07, 6.45) is 0. The Morgan fingerprint density at radius 3 is 2.38 bits per heavy atom. The Morgan fingerprint density at radius 1 is 1.23 bits per heavy atom. The van der Waals surface area contributed by atoms with Gasteiger partial charge in [0.1, 0.15) is 0 Å². The minimum Gasteiger partial charge on any atom is -0.336 e. The molecule has 2 amide bonds. The molecule has 142 valence electrons. The summed E-state index contributed by atoms with van der Waals surface area (Å²) in [4.78, 5) is 28.9. The van der Waals surface area contributed by atoms with Gasteiger partial charge in [-0.05, 0) is 24.7 Å². The van der Waals surface area contributed by atoms with E-state index in [0.29, 0.717) is 18.7 Å². The van der Waals surface area contributed by atoms with Gasteiger partial charge in [0.05, 0.1) is 27.9 Å². The van der Waals surface area contributed by atoms with Crippen LogP contribution in [0.1, 0.15) is 24.2 Å². The zero-order chi connectivity index (χ0) is 19.1. The molecule has 0 bridgehead atoms. The fraction of sp³-hybridized carbons (Fsp3) is 0.529. The van der Waals surface area contributed by atoms with E-state index in [9.17, 15) is 18.0 Å². The highest BCUT2D eigenvalue weighted by atomic mass is 35.5. The Labute approximate surface area is 158 Å². The van der Waals surface area contributed by atoms with Crippen molar-refractivity contribution in [3.63, 3.8) is 0 Å². The van der Waals surface area contributed by atoms with Crippen LogP contribution in [0.15, 0.2) is 18.2 Å². The van der Waals surface area contributed by atoms with Crippen molar-refractivity contribution in [2.24, 2.45) is 5.92 Å². The maximum Gasteiger partial charge on any atom is 0.255 e. The van der Waals surface area contributed by atoms with Gasteiger partial charge in [-0.15, -0.1) is 0 Å². The summed E-state index contributed by atoms with van der Waals surface area (Å²) >= 11 is 6.26. The average molecular weight is 400 g/mol. The molecule has 0 saturated carbocycles. The van der Waals surface area contributed by atoms with Crippen molar-refractivity contribution in [3.05, 3.63) is 28.8 Å². The summed E-state index contributed by atoms with van der Waals surface area (Å²) in [5.41, 5.74) is 0.495. The number of benzene rings is 1. The molecule has 2 fully saturated rings. The summed E-state index contributed by atoms with van der Waals surface area (Å²) in [7, 11) is -3.69. The number of halogens is 1. The van der Waals surface area contributed by atoms with Crippen molar-refractivity contribution in [1.82, 2.24) is 9.80 Å². The molecule has 9 heteroatoms. The first kappa shape index (κ1) is 19.1. The van der Waals surface area contributed by atoms with E-state index in [4.69, 9.17) is 11.6 Å². The van der Waals surface area contributed by atoms with Crippen LogP contribution in [0.4, 0.5) is 5.69 Å². The number of likely N-dealkylation sites (N-methyl/N-ethyl adjacent to an activating group) is 1. The van der Waals surface area contributed by atoms with Gasteiger partial charge >= 0.3 is 0 Å². The van der Waals surface area contributed by atoms with Crippen LogP contribution in [-0.2, 0) is 14.8 Å². The number of carbonyl (C=O) groups excluding carboxylic acids is 2. The second-order valence-corrected chi connectivity index (χ2v) is 8.94. The van der Waals surface area contributed by atoms with Gasteiger partial charge in [-0.2, -0.15) is 0 Å². The molecule has 0 spiro atoms. The first-order valence-electron chi connectivity index (χ1n) is 8.62. The highest BCUT2D eigenvalue weighted by Gasteiger charge is 2.42. The van der Waals surface area contributed by atoms with Crippen LogP contribution in [0.2, 0.25) is 5.02 Å². The van der Waals surface area contributed by atoms with E-state index in [1.807, 2.05) is 0 Å². The van der Waals surface area contributed by atoms with Crippen molar-refractivity contribution in [1.29, 1.82) is 0 Å². The van der Waals surface area contributed by atoms with Crippen molar-refractivity contribution in [3.8, 4) is 0 Å². The zero-order valence-electron chi connectivity index (χ0n) is 14.8. The molecule has 2 saturated heterocycles. The Morgan fingerprint density at radius 2 is 1.88 bits per heavy atom. The quantitative estimate of drug-likeness (QED) is 0.768. The molecule has 1 aromatic carbocycles. The van der Waals surface area contributed by atoms with Crippen LogP contribution >= 0.6 is 11.6 Å². The number of anilines is 1. The highest BCUT2D eigenvalue weighted by Crippen LogP contribution is 2.31. The standard InChI is InChI=1S/C17H22ClN3O4S/c1-3-19-6-8-20(9-7-19)17(23)14-5-4-13(10-15(14)18)21-16(22)12(2)11-26(21,24)25/h4-5,10,12H,3,6-9,11H2,1-2H3. The van der Waals surface area contributed by atoms with Crippen molar-refractivity contribution < 1.29 is 18.0 Å². The largest absolute Gasteiger partial charge is 0.336 e. The van der Waals surface area contributed by atoms with Crippen LogP contribution in [0.3, 0.4) is 0 Å². The maximum atomic E-state index is 12.7. The predicted molar refractivity (Wildman–Crippen MR) is 99.9 cm³/mol. The molecule has 1 atom stereocenters. The number of carbonyl (C=O) groups is 2. The van der Waals surface area contributed by atoms with Gasteiger partial charge in [0, 0.05) is 26.2 Å². The van der Waals surface area contributed by atoms with E-state index in [2.05, 4.69) is 11.8 Å². The SMILES string of the molecule is CCN1CCN(C(=O)c2ccc(N3C(=O)C(C)CS3(=O)=O)cc2Cl)CC1. The molecular weight excluding hydrogens is 378 g/mol. The van der Waals surface area contributed by atoms with E-state index in [1.165, 1.54) is 18.2 Å². The second-order valence-electron chi connectivity index (χ2n) is 6.67. The van der Waals surface area contributed by atoms with Crippen molar-refractivity contribution in [2.75, 3.05) is 42.8 Å². The minimum atomic E-state index is -3.69. The fourth-order valence-corrected chi connectivity index (χ4v) is 5.40. The van der Waals surface area contributed by atoms with Crippen LogP contribution in [0, 0.1) is 5.92 Å². The van der Waals surface area contributed by atoms with E-state index >= 15 is 0 Å². The number of hydrogen-bond acceptors (Lipinski definition) is 5. The monoisotopic (exact) mass is 399 g/mol. The Kier molecular flexibility index (Phi) is 5.28. The van der Waals surface area contributed by atoms with Crippen LogP contribution < -0.4 is 4.31 Å². The summed E-state index contributed by atoms with van der Waals surface area (Å²) in [6, 6.07) is 4.34. The van der Waals surface area contributed by atoms with Crippen molar-refractivity contribution in [2.45, 2.75) is 13.8 Å². The van der Waals surface area contributed by atoms with Crippen LogP contribution in [-0.4, -0.2) is 68.5 Å². The number of nitrogens with zero attached hydrogens (tertiary/aromatic N) is 3. The van der Waals surface area contributed by atoms with Gasteiger partial charge < -0.3 is 9.80 Å². The zero-order valence-corrected chi connectivity index (χ0v) is 16.4. The molecule has 2 aliphatic rings. The molecule has 7 nitrogen and oxygen atoms in total. The summed E-state index contributed by atoms with van der Waals surface area (Å²) in [5.74, 6) is -1.46. The van der Waals surface area contributed by atoms with E-state index in [0.717, 1.165) is 23.9 Å². The third kappa shape index (κ3) is 3.45. The molecule has 2 heterocycles. The molecule has 0 radical (unpaired) electrons. The molecule has 2 aliphatic heterocycles. The molecule has 0 aromatic heterocycles. The highest BCUT2D eigenvalue weighted by molar-refractivity contribution is 7.94. The third-order valence-electron chi connectivity index (χ3n) is 4.88. The van der Waals surface area contributed by atoms with Gasteiger partial charge in [-0.1, -0.05) is 25.4 Å². The lowest BCUT2D eigenvalue weighted by molar-refractivity contribution is -0.119. The van der Waals surface area contributed by atoms with E-state index < -0.39 is 21.8 Å². The third-order valence-corrected chi connectivity index (χ3v) is 7.07. The predicted octanol–water partition coefficient (Wildman–Crippen LogP) is 1.43. The van der Waals surface area contributed by atoms with Crippen molar-refractivity contribution >= 4 is 39.1 Å². The van der Waals surface area contributed by atoms with Crippen LogP contribution in [0.25, 0.3) is 0 Å². The second kappa shape index (κ2) is 7.17. The summed E-state index contributed by atoms with van der Waals surface area (Å²) in [6.45, 7) is 7.50. The lowest BCUT2D eigenvalue weighted by Gasteiger charge is -2.34. The maximum absolute atomic E-state index is 12.7. The molecule has 1 unspecified atom stereocenters. The Hall–Kier alpha value is -1.64. The van der Waals surface area contributed by atoms with Crippen LogP contribution in [0.5, 0.6) is 0 Å². The number of rotatable bonds is 3. The lowest BCUT2D eigenvalue weighted by Crippen LogP contribution is -2.48. The normalized spacial score (nSPS) is 23.5. The summed E-state index contributed by atoms with van der Waals surface area (Å²) < 4.78 is 25.2. The van der Waals surface area contributed by atoms with Gasteiger partial charge in [0.2, 0.25) is 15.9 Å². The molecule has 1 aromatic rings. The topological polar surface area (TPSA) is 78.0 Å². The fourth-order valence-electron chi connectivity index (χ4n) is 3.33. The molecule has 0 N–H and O–H groups in total. The first-order chi connectivity index (χ1) is 12.2. The van der Waals surface area contributed by atoms with Gasteiger partial charge in [0.25, 0.3) is 5.91 Å².